The Morgan fingerprint density at radius 3 is 2.70 bits per heavy atom. The molecule has 164 valence electrons. The van der Waals surface area contributed by atoms with E-state index in [2.05, 4.69) is 20.7 Å². The summed E-state index contributed by atoms with van der Waals surface area (Å²) < 4.78 is 1.28. The average Bonchev–Trinajstić information content (AvgIpc) is 3.22. The molecule has 0 radical (unpaired) electrons. The summed E-state index contributed by atoms with van der Waals surface area (Å²) in [6, 6.07) is 20.0. The van der Waals surface area contributed by atoms with E-state index in [1.54, 1.807) is 24.3 Å². The summed E-state index contributed by atoms with van der Waals surface area (Å²) in [7, 11) is 0. The van der Waals surface area contributed by atoms with Crippen LogP contribution >= 0.6 is 22.9 Å². The minimum absolute atomic E-state index is 0.273. The van der Waals surface area contributed by atoms with Crippen LogP contribution in [0.5, 0.6) is 0 Å². The summed E-state index contributed by atoms with van der Waals surface area (Å²) in [5, 5.41) is 12.0. The van der Waals surface area contributed by atoms with E-state index in [4.69, 9.17) is 11.6 Å². The number of aromatic nitrogens is 3. The van der Waals surface area contributed by atoms with E-state index in [9.17, 15) is 9.59 Å². The topological polar surface area (TPSA) is 88.4 Å². The van der Waals surface area contributed by atoms with Crippen LogP contribution in [0.1, 0.15) is 21.5 Å². The number of carbonyl (C=O) groups excluding carboxylic acids is 1. The van der Waals surface area contributed by atoms with Crippen LogP contribution in [0.3, 0.4) is 0 Å². The van der Waals surface area contributed by atoms with E-state index in [1.165, 1.54) is 15.9 Å². The minimum atomic E-state index is -0.285. The first-order valence-electron chi connectivity index (χ1n) is 10.2. The molecule has 0 unspecified atom stereocenters. The van der Waals surface area contributed by atoms with Crippen molar-refractivity contribution < 1.29 is 4.79 Å². The highest BCUT2D eigenvalue weighted by atomic mass is 35.5. The monoisotopic (exact) mass is 475 g/mol. The average molecular weight is 476 g/mol. The van der Waals surface area contributed by atoms with Gasteiger partial charge in [0.05, 0.1) is 10.9 Å². The molecule has 7 nitrogen and oxygen atoms in total. The van der Waals surface area contributed by atoms with Crippen LogP contribution < -0.4 is 16.2 Å². The first kappa shape index (κ1) is 21.1. The molecule has 0 atom stereocenters. The van der Waals surface area contributed by atoms with Crippen LogP contribution in [-0.4, -0.2) is 20.5 Å². The summed E-state index contributed by atoms with van der Waals surface area (Å²) >= 11 is 7.43. The highest BCUT2D eigenvalue weighted by Gasteiger charge is 2.14. The van der Waals surface area contributed by atoms with Gasteiger partial charge in [-0.3, -0.25) is 9.59 Å². The van der Waals surface area contributed by atoms with Crippen LogP contribution in [0, 0.1) is 6.92 Å². The minimum Gasteiger partial charge on any atom is -0.348 e. The molecule has 1 amide bonds. The lowest BCUT2D eigenvalue weighted by molar-refractivity contribution is 0.0951. The molecule has 2 heterocycles. The third-order valence-electron chi connectivity index (χ3n) is 5.24. The molecule has 0 aliphatic heterocycles. The number of hydrogen-bond acceptors (Lipinski definition) is 6. The number of benzene rings is 3. The second kappa shape index (κ2) is 8.65. The van der Waals surface area contributed by atoms with Crippen molar-refractivity contribution in [2.45, 2.75) is 13.5 Å². The van der Waals surface area contributed by atoms with Crippen LogP contribution in [0.15, 0.2) is 71.5 Å². The second-order valence-electron chi connectivity index (χ2n) is 7.46. The lowest BCUT2D eigenvalue weighted by Gasteiger charge is -2.07. The van der Waals surface area contributed by atoms with Crippen molar-refractivity contribution in [2.75, 3.05) is 5.32 Å². The SMILES string of the molecule is Cc1ccccc1Nc1nn2c(=O)c3ccc(C(=O)NCc4ccccc4Cl)cc3nc2s1. The maximum Gasteiger partial charge on any atom is 0.283 e. The predicted molar refractivity (Wildman–Crippen MR) is 132 cm³/mol. The van der Waals surface area contributed by atoms with Gasteiger partial charge in [-0.15, -0.1) is 5.10 Å². The Morgan fingerprint density at radius 2 is 1.88 bits per heavy atom. The first-order valence-corrected chi connectivity index (χ1v) is 11.4. The van der Waals surface area contributed by atoms with Crippen molar-refractivity contribution >= 4 is 55.5 Å². The summed E-state index contributed by atoms with van der Waals surface area (Å²) in [5.41, 5.74) is 3.36. The number of carbonyl (C=O) groups is 1. The number of halogens is 1. The van der Waals surface area contributed by atoms with Crippen LogP contribution in [0.25, 0.3) is 15.9 Å². The van der Waals surface area contributed by atoms with Crippen LogP contribution in [-0.2, 0) is 6.54 Å². The molecular formula is C24H18ClN5O2S. The largest absolute Gasteiger partial charge is 0.348 e. The van der Waals surface area contributed by atoms with E-state index >= 15 is 0 Å². The van der Waals surface area contributed by atoms with Crippen molar-refractivity contribution in [1.82, 2.24) is 19.9 Å². The number of amides is 1. The second-order valence-corrected chi connectivity index (χ2v) is 8.83. The molecule has 0 saturated carbocycles. The standard InChI is InChI=1S/C24H18ClN5O2S/c1-14-6-2-5-9-19(14)27-23-29-30-22(32)17-11-10-15(12-20(17)28-24(30)33-23)21(31)26-13-16-7-3-4-8-18(16)25/h2-12H,13H2,1H3,(H,26,31)(H,27,29). The van der Waals surface area contributed by atoms with Gasteiger partial charge in [-0.2, -0.15) is 4.52 Å². The van der Waals surface area contributed by atoms with Gasteiger partial charge in [0.1, 0.15) is 0 Å². The smallest absolute Gasteiger partial charge is 0.283 e. The molecule has 5 aromatic rings. The van der Waals surface area contributed by atoms with E-state index < -0.39 is 0 Å². The molecule has 0 fully saturated rings. The quantitative estimate of drug-likeness (QED) is 0.376. The number of anilines is 2. The molecule has 0 spiro atoms. The molecule has 0 bridgehead atoms. The fraction of sp³-hybridized carbons (Fsp3) is 0.0833. The van der Waals surface area contributed by atoms with Gasteiger partial charge in [0.25, 0.3) is 11.5 Å². The Labute approximate surface area is 197 Å². The van der Waals surface area contributed by atoms with Gasteiger partial charge in [0.2, 0.25) is 10.1 Å². The number of rotatable bonds is 5. The summed E-state index contributed by atoms with van der Waals surface area (Å²) in [4.78, 5) is 30.7. The first-order chi connectivity index (χ1) is 16.0. The van der Waals surface area contributed by atoms with Gasteiger partial charge in [-0.25, -0.2) is 4.98 Å². The van der Waals surface area contributed by atoms with Crippen molar-refractivity contribution in [3.8, 4) is 0 Å². The molecule has 5 rings (SSSR count). The fourth-order valence-corrected chi connectivity index (χ4v) is 4.46. The van der Waals surface area contributed by atoms with Crippen LogP contribution in [0.2, 0.25) is 5.02 Å². The van der Waals surface area contributed by atoms with E-state index in [0.717, 1.165) is 16.8 Å². The van der Waals surface area contributed by atoms with Crippen molar-refractivity contribution in [1.29, 1.82) is 0 Å². The molecule has 2 N–H and O–H groups in total. The van der Waals surface area contributed by atoms with E-state index in [-0.39, 0.29) is 11.5 Å². The molecule has 0 aliphatic rings. The Hall–Kier alpha value is -3.75. The Balaban J connectivity index is 1.44. The van der Waals surface area contributed by atoms with Gasteiger partial charge >= 0.3 is 0 Å². The zero-order chi connectivity index (χ0) is 22.9. The molecule has 2 aromatic heterocycles. The number of aryl methyl sites for hydroxylation is 1. The number of para-hydroxylation sites is 1. The van der Waals surface area contributed by atoms with Gasteiger partial charge < -0.3 is 10.6 Å². The lowest BCUT2D eigenvalue weighted by Crippen LogP contribution is -2.23. The molecule has 9 heteroatoms. The molecular weight excluding hydrogens is 458 g/mol. The highest BCUT2D eigenvalue weighted by Crippen LogP contribution is 2.25. The predicted octanol–water partition coefficient (Wildman–Crippen LogP) is 4.94. The molecule has 3 aromatic carbocycles. The van der Waals surface area contributed by atoms with Gasteiger partial charge in [0, 0.05) is 22.8 Å². The summed E-state index contributed by atoms with van der Waals surface area (Å²) in [6.45, 7) is 2.29. The zero-order valence-corrected chi connectivity index (χ0v) is 19.1. The molecule has 0 saturated heterocycles. The summed E-state index contributed by atoms with van der Waals surface area (Å²) in [6.07, 6.45) is 0. The summed E-state index contributed by atoms with van der Waals surface area (Å²) in [5.74, 6) is -0.273. The highest BCUT2D eigenvalue weighted by molar-refractivity contribution is 7.20. The van der Waals surface area contributed by atoms with Crippen LogP contribution in [0.4, 0.5) is 10.8 Å². The number of nitrogens with one attached hydrogen (secondary N) is 2. The zero-order valence-electron chi connectivity index (χ0n) is 17.5. The van der Waals surface area contributed by atoms with Gasteiger partial charge in [-0.1, -0.05) is 59.3 Å². The van der Waals surface area contributed by atoms with Gasteiger partial charge in [0.15, 0.2) is 0 Å². The third-order valence-corrected chi connectivity index (χ3v) is 6.44. The molecule has 0 aliphatic carbocycles. The maximum absolute atomic E-state index is 13.0. The van der Waals surface area contributed by atoms with E-state index in [0.29, 0.717) is 38.1 Å². The van der Waals surface area contributed by atoms with Crippen molar-refractivity contribution in [3.63, 3.8) is 0 Å². The normalized spacial score (nSPS) is 11.1. The van der Waals surface area contributed by atoms with E-state index in [1.807, 2.05) is 49.4 Å². The van der Waals surface area contributed by atoms with Gasteiger partial charge in [-0.05, 0) is 48.4 Å². The lowest BCUT2D eigenvalue weighted by atomic mass is 10.1. The van der Waals surface area contributed by atoms with Crippen molar-refractivity contribution in [2.24, 2.45) is 0 Å². The molecule has 33 heavy (non-hydrogen) atoms. The number of hydrogen-bond donors (Lipinski definition) is 2. The Morgan fingerprint density at radius 1 is 1.09 bits per heavy atom. The maximum atomic E-state index is 13.0. The third kappa shape index (κ3) is 4.18. The number of nitrogens with zero attached hydrogens (tertiary/aromatic N) is 3. The Kier molecular flexibility index (Phi) is 5.53. The Bertz CT molecular complexity index is 1580. The van der Waals surface area contributed by atoms with Crippen molar-refractivity contribution in [3.05, 3.63) is 98.8 Å². The number of fused-ring (bicyclic) bond motifs is 2. The fourth-order valence-electron chi connectivity index (χ4n) is 3.45.